The van der Waals surface area contributed by atoms with Gasteiger partial charge in [-0.05, 0) is 66.2 Å². The van der Waals surface area contributed by atoms with Gasteiger partial charge >= 0.3 is 0 Å². The summed E-state index contributed by atoms with van der Waals surface area (Å²) in [4.78, 5) is 20.4. The van der Waals surface area contributed by atoms with E-state index in [9.17, 15) is 4.79 Å². The molecule has 0 aliphatic carbocycles. The van der Waals surface area contributed by atoms with Crippen molar-refractivity contribution in [3.8, 4) is 17.3 Å². The molecule has 0 N–H and O–H groups in total. The quantitative estimate of drug-likeness (QED) is 0.169. The highest BCUT2D eigenvalue weighted by Gasteiger charge is 2.17. The number of furan rings is 1. The van der Waals surface area contributed by atoms with E-state index in [0.717, 1.165) is 21.1 Å². The van der Waals surface area contributed by atoms with Gasteiger partial charge in [0.05, 0.1) is 17.1 Å². The van der Waals surface area contributed by atoms with Crippen molar-refractivity contribution < 1.29 is 9.15 Å². The van der Waals surface area contributed by atoms with Crippen LogP contribution in [0.15, 0.2) is 110 Å². The van der Waals surface area contributed by atoms with Crippen molar-refractivity contribution in [1.29, 1.82) is 0 Å². The van der Waals surface area contributed by atoms with Crippen molar-refractivity contribution in [1.82, 2.24) is 9.66 Å². The Labute approximate surface area is 249 Å². The monoisotopic (exact) mass is 626 g/mol. The Hall–Kier alpha value is -4.40. The Morgan fingerprint density at radius 2 is 1.83 bits per heavy atom. The predicted molar refractivity (Wildman–Crippen MR) is 168 cm³/mol. The largest absolute Gasteiger partial charge is 0.488 e. The SMILES string of the molecule is CN(C)c1ccc(C=Nn2c(-c3cc4cc(Cl)ccc4o3)nc3ccccc3c2=O)c(OCc2ccc(Br)cc2)c1. The van der Waals surface area contributed by atoms with Crippen LogP contribution in [-0.2, 0) is 6.61 Å². The zero-order valence-corrected chi connectivity index (χ0v) is 24.6. The molecule has 0 unspecified atom stereocenters. The summed E-state index contributed by atoms with van der Waals surface area (Å²) >= 11 is 9.66. The number of benzene rings is 4. The van der Waals surface area contributed by atoms with Gasteiger partial charge < -0.3 is 14.1 Å². The summed E-state index contributed by atoms with van der Waals surface area (Å²) in [6, 6.07) is 28.1. The van der Waals surface area contributed by atoms with Crippen molar-refractivity contribution in [3.05, 3.63) is 122 Å². The number of ether oxygens (including phenoxy) is 1. The third-order valence-electron chi connectivity index (χ3n) is 6.59. The zero-order valence-electron chi connectivity index (χ0n) is 22.2. The van der Waals surface area contributed by atoms with E-state index in [0.29, 0.717) is 45.2 Å². The highest BCUT2D eigenvalue weighted by Crippen LogP contribution is 2.30. The second kappa shape index (κ2) is 11.2. The molecule has 0 fully saturated rings. The van der Waals surface area contributed by atoms with Crippen LogP contribution >= 0.6 is 27.5 Å². The van der Waals surface area contributed by atoms with E-state index in [1.165, 1.54) is 4.68 Å². The van der Waals surface area contributed by atoms with Crippen molar-refractivity contribution in [3.63, 3.8) is 0 Å². The van der Waals surface area contributed by atoms with Gasteiger partial charge in [-0.3, -0.25) is 4.79 Å². The van der Waals surface area contributed by atoms with Crippen LogP contribution in [0.25, 0.3) is 33.5 Å². The van der Waals surface area contributed by atoms with Gasteiger partial charge in [0.2, 0.25) is 5.82 Å². The van der Waals surface area contributed by atoms with Crippen molar-refractivity contribution in [2.75, 3.05) is 19.0 Å². The first kappa shape index (κ1) is 26.8. The van der Waals surface area contributed by atoms with E-state index < -0.39 is 0 Å². The van der Waals surface area contributed by atoms with E-state index in [4.69, 9.17) is 25.7 Å². The number of hydrogen-bond donors (Lipinski definition) is 0. The van der Waals surface area contributed by atoms with E-state index >= 15 is 0 Å². The number of halogens is 2. The van der Waals surface area contributed by atoms with Crippen LogP contribution < -0.4 is 15.2 Å². The fourth-order valence-corrected chi connectivity index (χ4v) is 4.85. The first-order valence-electron chi connectivity index (χ1n) is 12.8. The van der Waals surface area contributed by atoms with Crippen molar-refractivity contribution in [2.45, 2.75) is 6.61 Å². The molecule has 41 heavy (non-hydrogen) atoms. The first-order chi connectivity index (χ1) is 19.9. The third kappa shape index (κ3) is 5.62. The Kier molecular flexibility index (Phi) is 7.34. The summed E-state index contributed by atoms with van der Waals surface area (Å²) in [6.45, 7) is 0.370. The minimum absolute atomic E-state index is 0.277. The maximum Gasteiger partial charge on any atom is 0.282 e. The molecule has 204 valence electrons. The van der Waals surface area contributed by atoms with Gasteiger partial charge in [-0.25, -0.2) is 4.98 Å². The van der Waals surface area contributed by atoms with Crippen LogP contribution in [0, 0.1) is 0 Å². The molecule has 0 amide bonds. The van der Waals surface area contributed by atoms with Crippen LogP contribution in [0.4, 0.5) is 5.69 Å². The Morgan fingerprint density at radius 3 is 2.63 bits per heavy atom. The Morgan fingerprint density at radius 1 is 1.02 bits per heavy atom. The van der Waals surface area contributed by atoms with Crippen LogP contribution in [0.5, 0.6) is 5.75 Å². The molecule has 0 saturated carbocycles. The third-order valence-corrected chi connectivity index (χ3v) is 7.35. The average molecular weight is 628 g/mol. The molecule has 0 bridgehead atoms. The molecule has 6 aromatic rings. The van der Waals surface area contributed by atoms with Crippen molar-refractivity contribution in [2.24, 2.45) is 5.10 Å². The number of anilines is 1. The van der Waals surface area contributed by atoms with Gasteiger partial charge in [0, 0.05) is 46.3 Å². The lowest BCUT2D eigenvalue weighted by atomic mass is 10.2. The Balaban J connectivity index is 1.44. The fourth-order valence-electron chi connectivity index (χ4n) is 4.41. The van der Waals surface area contributed by atoms with Gasteiger partial charge in [-0.1, -0.05) is 51.8 Å². The van der Waals surface area contributed by atoms with Gasteiger partial charge in [0.1, 0.15) is 17.9 Å². The summed E-state index contributed by atoms with van der Waals surface area (Å²) in [5.41, 5.74) is 3.56. The van der Waals surface area contributed by atoms with Crippen LogP contribution in [-0.4, -0.2) is 30.0 Å². The maximum atomic E-state index is 13.7. The van der Waals surface area contributed by atoms with Gasteiger partial charge in [-0.15, -0.1) is 0 Å². The van der Waals surface area contributed by atoms with E-state index in [1.807, 2.05) is 73.6 Å². The number of para-hydroxylation sites is 1. The molecule has 6 rings (SSSR count). The number of fused-ring (bicyclic) bond motifs is 2. The lowest BCUT2D eigenvalue weighted by Crippen LogP contribution is -2.20. The normalized spacial score (nSPS) is 11.5. The minimum Gasteiger partial charge on any atom is -0.488 e. The second-order valence-corrected chi connectivity index (χ2v) is 11.0. The molecule has 0 saturated heterocycles. The minimum atomic E-state index is -0.317. The Bertz CT molecular complexity index is 1980. The van der Waals surface area contributed by atoms with E-state index in [1.54, 1.807) is 42.6 Å². The van der Waals surface area contributed by atoms with Crippen molar-refractivity contribution >= 4 is 61.3 Å². The molecule has 0 aliphatic heterocycles. The molecular formula is C32H24BrClN4O3. The zero-order chi connectivity index (χ0) is 28.5. The number of hydrogen-bond acceptors (Lipinski definition) is 6. The topological polar surface area (TPSA) is 72.9 Å². The van der Waals surface area contributed by atoms with Crippen LogP contribution in [0.1, 0.15) is 11.1 Å². The molecule has 2 heterocycles. The molecule has 9 heteroatoms. The summed E-state index contributed by atoms with van der Waals surface area (Å²) in [7, 11) is 3.93. The molecule has 2 aromatic heterocycles. The lowest BCUT2D eigenvalue weighted by Gasteiger charge is -2.16. The maximum absolute atomic E-state index is 13.7. The lowest BCUT2D eigenvalue weighted by molar-refractivity contribution is 0.306. The highest BCUT2D eigenvalue weighted by atomic mass is 79.9. The first-order valence-corrected chi connectivity index (χ1v) is 14.0. The molecule has 0 radical (unpaired) electrons. The van der Waals surface area contributed by atoms with Crippen LogP contribution in [0.2, 0.25) is 5.02 Å². The standard InChI is InChI=1S/C32H24BrClN4O3/c1-37(2)25-13-9-21(29(17-25)40-19-20-7-10-23(33)11-8-20)18-35-38-31(36-27-6-4-3-5-26(27)32(38)39)30-16-22-15-24(34)12-14-28(22)41-30/h3-18H,19H2,1-2H3. The smallest absolute Gasteiger partial charge is 0.282 e. The fraction of sp³-hybridized carbons (Fsp3) is 0.0938. The molecule has 0 spiro atoms. The summed E-state index contributed by atoms with van der Waals surface area (Å²) in [6.07, 6.45) is 1.61. The molecule has 4 aromatic carbocycles. The van der Waals surface area contributed by atoms with Crippen LogP contribution in [0.3, 0.4) is 0 Å². The second-order valence-electron chi connectivity index (χ2n) is 9.64. The number of rotatable bonds is 7. The number of nitrogens with zero attached hydrogens (tertiary/aromatic N) is 4. The molecule has 0 atom stereocenters. The number of aromatic nitrogens is 2. The van der Waals surface area contributed by atoms with Gasteiger partial charge in [-0.2, -0.15) is 9.78 Å². The molecular weight excluding hydrogens is 604 g/mol. The summed E-state index contributed by atoms with van der Waals surface area (Å²) in [5.74, 6) is 1.31. The van der Waals surface area contributed by atoms with Gasteiger partial charge in [0.25, 0.3) is 5.56 Å². The van der Waals surface area contributed by atoms with E-state index in [2.05, 4.69) is 21.0 Å². The molecule has 7 nitrogen and oxygen atoms in total. The van der Waals surface area contributed by atoms with E-state index in [-0.39, 0.29) is 11.4 Å². The predicted octanol–water partition coefficient (Wildman–Crippen LogP) is 7.75. The molecule has 0 aliphatic rings. The average Bonchev–Trinajstić information content (AvgIpc) is 3.39. The van der Waals surface area contributed by atoms with Gasteiger partial charge in [0.15, 0.2) is 5.76 Å². The summed E-state index contributed by atoms with van der Waals surface area (Å²) < 4.78 is 14.6. The summed E-state index contributed by atoms with van der Waals surface area (Å²) in [5, 5.41) is 6.46. The highest BCUT2D eigenvalue weighted by molar-refractivity contribution is 9.10.